The van der Waals surface area contributed by atoms with Crippen LogP contribution in [0.5, 0.6) is 5.75 Å². The van der Waals surface area contributed by atoms with E-state index in [9.17, 15) is 4.79 Å². The fraction of sp³-hybridized carbons (Fsp3) is 0.188. The van der Waals surface area contributed by atoms with Gasteiger partial charge in [-0.05, 0) is 42.5 Å². The molecule has 2 aromatic carbocycles. The van der Waals surface area contributed by atoms with E-state index in [2.05, 4.69) is 10.3 Å². The van der Waals surface area contributed by atoms with E-state index in [4.69, 9.17) is 9.57 Å². The monoisotopic (exact) mass is 297 g/mol. The first-order valence-electron chi connectivity index (χ1n) is 6.80. The van der Waals surface area contributed by atoms with Gasteiger partial charge in [-0.15, -0.1) is 5.10 Å². The summed E-state index contributed by atoms with van der Waals surface area (Å²) in [5.74, 6) is 0.657. The summed E-state index contributed by atoms with van der Waals surface area (Å²) < 4.78 is 5.30. The summed E-state index contributed by atoms with van der Waals surface area (Å²) in [6.07, 6.45) is 0. The van der Waals surface area contributed by atoms with Crippen molar-refractivity contribution in [1.82, 2.24) is 15.2 Å². The summed E-state index contributed by atoms with van der Waals surface area (Å²) in [6, 6.07) is 12.8. The van der Waals surface area contributed by atoms with E-state index in [0.717, 1.165) is 16.6 Å². The van der Waals surface area contributed by atoms with Crippen LogP contribution in [0.1, 0.15) is 22.8 Å². The van der Waals surface area contributed by atoms with E-state index in [0.29, 0.717) is 11.3 Å². The molecule has 0 saturated heterocycles. The minimum absolute atomic E-state index is 0.00453. The Morgan fingerprint density at radius 3 is 2.82 bits per heavy atom. The molecule has 112 valence electrons. The Hall–Kier alpha value is -2.89. The summed E-state index contributed by atoms with van der Waals surface area (Å²) in [7, 11) is 1.58. The molecule has 0 atom stereocenters. The lowest BCUT2D eigenvalue weighted by Crippen LogP contribution is -2.13. The lowest BCUT2D eigenvalue weighted by Gasteiger charge is -2.11. The number of ether oxygens (including phenoxy) is 1. The third-order valence-corrected chi connectivity index (χ3v) is 3.35. The van der Waals surface area contributed by atoms with Crippen LogP contribution in [0.15, 0.2) is 42.5 Å². The highest BCUT2D eigenvalue weighted by atomic mass is 16.7. The first-order chi connectivity index (χ1) is 10.7. The number of para-hydroxylation sites is 1. The van der Waals surface area contributed by atoms with Gasteiger partial charge in [0.2, 0.25) is 0 Å². The zero-order valence-corrected chi connectivity index (χ0v) is 12.3. The summed E-state index contributed by atoms with van der Waals surface area (Å²) in [4.78, 5) is 18.5. The number of ketones is 1. The molecule has 0 amide bonds. The molecular formula is C16H15N3O3. The van der Waals surface area contributed by atoms with Crippen molar-refractivity contribution in [3.05, 3.63) is 53.6 Å². The number of methoxy groups -OCH3 is 1. The second-order valence-electron chi connectivity index (χ2n) is 4.81. The quantitative estimate of drug-likeness (QED) is 0.676. The first-order valence-corrected chi connectivity index (χ1v) is 6.80. The Labute approximate surface area is 127 Å². The van der Waals surface area contributed by atoms with E-state index < -0.39 is 0 Å². The van der Waals surface area contributed by atoms with Gasteiger partial charge in [0.1, 0.15) is 23.4 Å². The standard InChI is InChI=1S/C16H15N3O3/c1-11(20)12-7-8-16(21-2)13(9-12)10-22-19-15-6-4-3-5-14(15)17-18-19/h3-9H,10H2,1-2H3. The number of hydrogen-bond acceptors (Lipinski definition) is 5. The maximum atomic E-state index is 11.5. The second kappa shape index (κ2) is 5.85. The maximum absolute atomic E-state index is 11.5. The molecule has 0 unspecified atom stereocenters. The van der Waals surface area contributed by atoms with Gasteiger partial charge < -0.3 is 9.57 Å². The van der Waals surface area contributed by atoms with Crippen molar-refractivity contribution in [3.63, 3.8) is 0 Å². The summed E-state index contributed by atoms with van der Waals surface area (Å²) >= 11 is 0. The average molecular weight is 297 g/mol. The number of carbonyl (C=O) groups excluding carboxylic acids is 1. The second-order valence-corrected chi connectivity index (χ2v) is 4.81. The zero-order valence-electron chi connectivity index (χ0n) is 12.3. The van der Waals surface area contributed by atoms with Gasteiger partial charge in [-0.25, -0.2) is 0 Å². The van der Waals surface area contributed by atoms with Gasteiger partial charge in [0.25, 0.3) is 0 Å². The van der Waals surface area contributed by atoms with Gasteiger partial charge in [0.15, 0.2) is 5.78 Å². The molecule has 1 heterocycles. The van der Waals surface area contributed by atoms with Crippen molar-refractivity contribution in [2.24, 2.45) is 0 Å². The minimum atomic E-state index is -0.00453. The Morgan fingerprint density at radius 2 is 2.05 bits per heavy atom. The lowest BCUT2D eigenvalue weighted by atomic mass is 10.1. The smallest absolute Gasteiger partial charge is 0.159 e. The summed E-state index contributed by atoms with van der Waals surface area (Å²) in [6.45, 7) is 1.75. The fourth-order valence-electron chi connectivity index (χ4n) is 2.18. The average Bonchev–Trinajstić information content (AvgIpc) is 2.95. The van der Waals surface area contributed by atoms with Crippen molar-refractivity contribution in [2.45, 2.75) is 13.5 Å². The number of hydrogen-bond donors (Lipinski definition) is 0. The van der Waals surface area contributed by atoms with Gasteiger partial charge in [-0.2, -0.15) is 0 Å². The SMILES string of the molecule is COc1ccc(C(C)=O)cc1COn1nnc2ccccc21. The Kier molecular flexibility index (Phi) is 3.74. The van der Waals surface area contributed by atoms with Crippen LogP contribution in [-0.4, -0.2) is 28.1 Å². The molecule has 0 spiro atoms. The summed E-state index contributed by atoms with van der Waals surface area (Å²) in [5.41, 5.74) is 2.92. The van der Waals surface area contributed by atoms with Crippen LogP contribution in [0, 0.1) is 0 Å². The van der Waals surface area contributed by atoms with Crippen LogP contribution in [0.25, 0.3) is 11.0 Å². The lowest BCUT2D eigenvalue weighted by molar-refractivity contribution is 0.0738. The van der Waals surface area contributed by atoms with Gasteiger partial charge in [0.05, 0.1) is 7.11 Å². The highest BCUT2D eigenvalue weighted by Crippen LogP contribution is 2.21. The number of benzene rings is 2. The molecule has 6 nitrogen and oxygen atoms in total. The van der Waals surface area contributed by atoms with Crippen LogP contribution in [0.3, 0.4) is 0 Å². The van der Waals surface area contributed by atoms with Crippen molar-refractivity contribution in [3.8, 4) is 5.75 Å². The van der Waals surface area contributed by atoms with Crippen LogP contribution in [0.2, 0.25) is 0 Å². The Morgan fingerprint density at radius 1 is 1.23 bits per heavy atom. The molecule has 0 aliphatic rings. The van der Waals surface area contributed by atoms with Gasteiger partial charge in [0, 0.05) is 11.1 Å². The fourth-order valence-corrected chi connectivity index (χ4v) is 2.18. The minimum Gasteiger partial charge on any atom is -0.496 e. The topological polar surface area (TPSA) is 66.2 Å². The molecule has 22 heavy (non-hydrogen) atoms. The number of fused-ring (bicyclic) bond motifs is 1. The van der Waals surface area contributed by atoms with E-state index >= 15 is 0 Å². The molecule has 0 aliphatic heterocycles. The van der Waals surface area contributed by atoms with Gasteiger partial charge >= 0.3 is 0 Å². The van der Waals surface area contributed by atoms with E-state index in [1.165, 1.54) is 11.8 Å². The van der Waals surface area contributed by atoms with Crippen molar-refractivity contribution >= 4 is 16.8 Å². The first kappa shape index (κ1) is 14.1. The van der Waals surface area contributed by atoms with E-state index in [-0.39, 0.29) is 12.4 Å². The number of rotatable bonds is 5. The number of aromatic nitrogens is 3. The van der Waals surface area contributed by atoms with E-state index in [1.54, 1.807) is 25.3 Å². The molecule has 6 heteroatoms. The van der Waals surface area contributed by atoms with E-state index in [1.807, 2.05) is 24.3 Å². The van der Waals surface area contributed by atoms with Crippen LogP contribution in [0.4, 0.5) is 0 Å². The third-order valence-electron chi connectivity index (χ3n) is 3.35. The zero-order chi connectivity index (χ0) is 15.5. The molecule has 1 aromatic heterocycles. The molecule has 3 rings (SSSR count). The number of nitrogens with zero attached hydrogens (tertiary/aromatic N) is 3. The molecule has 0 fully saturated rings. The van der Waals surface area contributed by atoms with Crippen molar-refractivity contribution in [1.29, 1.82) is 0 Å². The third kappa shape index (κ3) is 2.63. The highest BCUT2D eigenvalue weighted by molar-refractivity contribution is 5.94. The summed E-state index contributed by atoms with van der Waals surface area (Å²) in [5, 5.41) is 7.98. The van der Waals surface area contributed by atoms with Gasteiger partial charge in [-0.3, -0.25) is 4.79 Å². The Bertz CT molecular complexity index is 826. The van der Waals surface area contributed by atoms with Crippen molar-refractivity contribution in [2.75, 3.05) is 7.11 Å². The maximum Gasteiger partial charge on any atom is 0.159 e. The molecule has 0 radical (unpaired) electrons. The van der Waals surface area contributed by atoms with Gasteiger partial charge in [-0.1, -0.05) is 17.0 Å². The normalized spacial score (nSPS) is 10.6. The molecule has 0 aliphatic carbocycles. The molecule has 3 aromatic rings. The molecular weight excluding hydrogens is 282 g/mol. The Balaban J connectivity index is 1.86. The predicted molar refractivity (Wildman–Crippen MR) is 80.8 cm³/mol. The highest BCUT2D eigenvalue weighted by Gasteiger charge is 2.10. The van der Waals surface area contributed by atoms with Crippen molar-refractivity contribution < 1.29 is 14.4 Å². The molecule has 0 bridgehead atoms. The largest absolute Gasteiger partial charge is 0.496 e. The van der Waals surface area contributed by atoms with Crippen LogP contribution < -0.4 is 9.57 Å². The van der Waals surface area contributed by atoms with Crippen LogP contribution >= 0.6 is 0 Å². The predicted octanol–water partition coefficient (Wildman–Crippen LogP) is 2.27. The molecule has 0 N–H and O–H groups in total. The molecule has 0 saturated carbocycles. The number of carbonyl (C=O) groups is 1. The van der Waals surface area contributed by atoms with Crippen LogP contribution in [-0.2, 0) is 6.61 Å². The number of Topliss-reactive ketones (excluding diaryl/α,β-unsaturated/α-hetero) is 1.